The van der Waals surface area contributed by atoms with E-state index in [0.717, 1.165) is 42.0 Å². The molecule has 2 bridgehead atoms. The molecule has 2 amide bonds. The topological polar surface area (TPSA) is 140 Å². The van der Waals surface area contributed by atoms with Crippen LogP contribution in [0, 0.1) is 24.7 Å². The van der Waals surface area contributed by atoms with Crippen LogP contribution in [0.2, 0.25) is 0 Å². The average Bonchev–Trinajstić information content (AvgIpc) is 3.51. The number of halogens is 3. The number of Topliss-reactive ketones (excluding diaryl/α,β-unsaturated/α-hetero) is 2. The van der Waals surface area contributed by atoms with Gasteiger partial charge in [-0.05, 0) is 86.3 Å². The molecule has 11 nitrogen and oxygen atoms in total. The second-order valence-corrected chi connectivity index (χ2v) is 16.1. The number of alkyl halides is 3. The van der Waals surface area contributed by atoms with Crippen LogP contribution in [0.5, 0.6) is 0 Å². The molecule has 7 rings (SSSR count). The van der Waals surface area contributed by atoms with Gasteiger partial charge >= 0.3 is 6.18 Å². The van der Waals surface area contributed by atoms with Crippen LogP contribution in [0.15, 0.2) is 36.7 Å². The van der Waals surface area contributed by atoms with E-state index in [1.54, 1.807) is 35.8 Å². The number of hydrogen-bond acceptors (Lipinski definition) is 8. The Morgan fingerprint density at radius 1 is 1.02 bits per heavy atom. The number of nitrogens with zero attached hydrogens (tertiary/aromatic N) is 6. The van der Waals surface area contributed by atoms with Crippen LogP contribution in [0.3, 0.4) is 0 Å². The Labute approximate surface area is 311 Å². The van der Waals surface area contributed by atoms with Gasteiger partial charge in [0, 0.05) is 54.7 Å². The molecule has 1 saturated heterocycles. The monoisotopic (exact) mass is 743 g/mol. The summed E-state index contributed by atoms with van der Waals surface area (Å²) in [6.07, 6.45) is 2.55. The molecule has 4 aromatic rings. The van der Waals surface area contributed by atoms with E-state index in [1.807, 2.05) is 12.1 Å². The lowest BCUT2D eigenvalue weighted by atomic mass is 9.83. The van der Waals surface area contributed by atoms with Gasteiger partial charge in [-0.2, -0.15) is 18.3 Å². The average molecular weight is 744 g/mol. The summed E-state index contributed by atoms with van der Waals surface area (Å²) in [6.45, 7) is 8.98. The summed E-state index contributed by atoms with van der Waals surface area (Å²) in [7, 11) is 0. The number of carbonyl (C=O) groups excluding carboxylic acids is 4. The number of piperidine rings is 1. The van der Waals surface area contributed by atoms with Crippen LogP contribution in [0.1, 0.15) is 98.1 Å². The number of amides is 2. The lowest BCUT2D eigenvalue weighted by Crippen LogP contribution is -2.45. The number of pyridine rings is 1. The van der Waals surface area contributed by atoms with Crippen molar-refractivity contribution in [3.8, 4) is 11.1 Å². The van der Waals surface area contributed by atoms with Crippen molar-refractivity contribution in [2.75, 3.05) is 6.54 Å². The maximum atomic E-state index is 14.5. The normalized spacial score (nSPS) is 23.1. The van der Waals surface area contributed by atoms with Crippen molar-refractivity contribution in [1.82, 2.24) is 34.9 Å². The van der Waals surface area contributed by atoms with Crippen LogP contribution >= 0.6 is 0 Å². The highest BCUT2D eigenvalue weighted by Crippen LogP contribution is 2.59. The van der Waals surface area contributed by atoms with E-state index in [-0.39, 0.29) is 60.5 Å². The molecule has 0 spiro atoms. The third-order valence-electron chi connectivity index (χ3n) is 11.4. The molecule has 2 fully saturated rings. The fraction of sp³-hybridized carbons (Fsp3) is 0.500. The third-order valence-corrected chi connectivity index (χ3v) is 11.4. The quantitative estimate of drug-likeness (QED) is 0.240. The molecule has 1 N–H and O–H groups in total. The van der Waals surface area contributed by atoms with Crippen LogP contribution in [-0.2, 0) is 39.9 Å². The third kappa shape index (κ3) is 7.26. The van der Waals surface area contributed by atoms with Crippen molar-refractivity contribution in [3.05, 3.63) is 70.7 Å². The summed E-state index contributed by atoms with van der Waals surface area (Å²) in [4.78, 5) is 69.0. The largest absolute Gasteiger partial charge is 0.433 e. The molecule has 14 heteroatoms. The van der Waals surface area contributed by atoms with Crippen molar-refractivity contribution in [3.63, 3.8) is 0 Å². The van der Waals surface area contributed by atoms with E-state index in [9.17, 15) is 32.3 Å². The first-order chi connectivity index (χ1) is 25.4. The van der Waals surface area contributed by atoms with Crippen LogP contribution in [-0.4, -0.2) is 71.6 Å². The van der Waals surface area contributed by atoms with Crippen LogP contribution in [0.4, 0.5) is 13.2 Å². The minimum Gasteiger partial charge on any atom is -0.355 e. The Bertz CT molecular complexity index is 2180. The highest BCUT2D eigenvalue weighted by Gasteiger charge is 2.66. The van der Waals surface area contributed by atoms with Gasteiger partial charge in [0.05, 0.1) is 23.7 Å². The Hall–Kier alpha value is -5.01. The van der Waals surface area contributed by atoms with Gasteiger partial charge in [-0.1, -0.05) is 26.3 Å². The molecule has 3 aliphatic rings. The predicted molar refractivity (Wildman–Crippen MR) is 193 cm³/mol. The molecule has 1 saturated carbocycles. The zero-order valence-corrected chi connectivity index (χ0v) is 31.1. The first-order valence-electron chi connectivity index (χ1n) is 18.4. The molecule has 5 heterocycles. The first kappa shape index (κ1) is 37.3. The summed E-state index contributed by atoms with van der Waals surface area (Å²) in [5.74, 6) is -0.576. The molecular formula is C40H44F3N7O4. The van der Waals surface area contributed by atoms with E-state index < -0.39 is 35.0 Å². The fourth-order valence-electron chi connectivity index (χ4n) is 8.38. The second-order valence-electron chi connectivity index (χ2n) is 16.1. The van der Waals surface area contributed by atoms with Gasteiger partial charge in [0.15, 0.2) is 11.6 Å². The zero-order valence-electron chi connectivity index (χ0n) is 31.1. The van der Waals surface area contributed by atoms with Crippen molar-refractivity contribution < 1.29 is 32.3 Å². The molecule has 2 aliphatic heterocycles. The summed E-state index contributed by atoms with van der Waals surface area (Å²) < 4.78 is 42.3. The molecule has 1 aromatic carbocycles. The van der Waals surface area contributed by atoms with Crippen molar-refractivity contribution in [2.45, 2.75) is 111 Å². The number of carbonyl (C=O) groups is 4. The van der Waals surface area contributed by atoms with Gasteiger partial charge in [-0.25, -0.2) is 15.0 Å². The Morgan fingerprint density at radius 3 is 2.46 bits per heavy atom. The number of hydrogen-bond donors (Lipinski definition) is 1. The Morgan fingerprint density at radius 2 is 1.76 bits per heavy atom. The molecule has 0 radical (unpaired) electrons. The van der Waals surface area contributed by atoms with E-state index >= 15 is 0 Å². The van der Waals surface area contributed by atoms with Gasteiger partial charge < -0.3 is 10.2 Å². The Balaban J connectivity index is 1.30. The van der Waals surface area contributed by atoms with E-state index in [4.69, 9.17) is 5.10 Å². The highest BCUT2D eigenvalue weighted by atomic mass is 19.4. The fourth-order valence-corrected chi connectivity index (χ4v) is 8.38. The van der Waals surface area contributed by atoms with Crippen LogP contribution in [0.25, 0.3) is 22.0 Å². The number of rotatable bonds is 5. The number of ketones is 2. The summed E-state index contributed by atoms with van der Waals surface area (Å²) in [5, 5.41) is 8.38. The molecule has 0 unspecified atom stereocenters. The van der Waals surface area contributed by atoms with Gasteiger partial charge in [0.2, 0.25) is 11.8 Å². The molecule has 3 atom stereocenters. The summed E-state index contributed by atoms with van der Waals surface area (Å²) in [5.41, 5.74) is 1.84. The lowest BCUT2D eigenvalue weighted by Gasteiger charge is -2.27. The molecular weight excluding hydrogens is 699 g/mol. The van der Waals surface area contributed by atoms with Gasteiger partial charge in [-0.15, -0.1) is 0 Å². The van der Waals surface area contributed by atoms with Crippen molar-refractivity contribution in [1.29, 1.82) is 0 Å². The van der Waals surface area contributed by atoms with Crippen molar-refractivity contribution >= 4 is 34.3 Å². The maximum Gasteiger partial charge on any atom is 0.433 e. The van der Waals surface area contributed by atoms with Gasteiger partial charge in [0.1, 0.15) is 23.8 Å². The number of benzene rings is 1. The minimum atomic E-state index is -4.68. The summed E-state index contributed by atoms with van der Waals surface area (Å²) in [6, 6.07) is 4.77. The lowest BCUT2D eigenvalue weighted by molar-refractivity contribution is -0.141. The summed E-state index contributed by atoms with van der Waals surface area (Å²) >= 11 is 0. The smallest absolute Gasteiger partial charge is 0.355 e. The Kier molecular flexibility index (Phi) is 9.46. The highest BCUT2D eigenvalue weighted by molar-refractivity contribution is 6.07. The number of nitrogens with one attached hydrogen (secondary N) is 1. The van der Waals surface area contributed by atoms with Gasteiger partial charge in [0.25, 0.3) is 0 Å². The zero-order chi connectivity index (χ0) is 38.7. The van der Waals surface area contributed by atoms with E-state index in [0.29, 0.717) is 41.6 Å². The van der Waals surface area contributed by atoms with E-state index in [2.05, 4.69) is 34.1 Å². The SMILES string of the molecule is CC(=O)c1nn2c3c(cc(-c4cnc(C)nc4)cc13)CCCCC(C)(C)CC(=O)NC[C@@]13C[C@@H](C(=O)Cc4nc(C(F)(F)F)ccc4C)N(C(=O)C2)[C@@H]1C3. The minimum absolute atomic E-state index is 0.00503. The first-order valence-corrected chi connectivity index (χ1v) is 18.4. The predicted octanol–water partition coefficient (Wildman–Crippen LogP) is 6.16. The number of aromatic nitrogens is 5. The molecule has 284 valence electrons. The molecule has 1 aliphatic carbocycles. The van der Waals surface area contributed by atoms with Crippen LogP contribution < -0.4 is 5.32 Å². The van der Waals surface area contributed by atoms with Gasteiger partial charge in [-0.3, -0.25) is 23.9 Å². The molecule has 54 heavy (non-hydrogen) atoms. The standard InChI is InChI=1S/C40H44F3N7O4/c1-22-9-10-32(40(41,42)43)47-29(22)14-31(52)30-15-39-16-33(39)50(30)35(54)20-49-37-25(8-6-7-11-38(4,5)17-34(53)46-21-39)12-26(27-18-44-24(3)45-19-27)13-28(37)36(48-49)23(2)51/h9-10,12-13,18-19,30,33H,6-8,11,14-17,20-21H2,1-5H3,(H,46,53)/t30-,33+,39-/m0/s1. The molecule has 3 aromatic heterocycles. The van der Waals surface area contributed by atoms with E-state index in [1.165, 1.54) is 13.0 Å². The number of aryl methyl sites for hydroxylation is 3. The maximum absolute atomic E-state index is 14.5. The van der Waals surface area contributed by atoms with Crippen molar-refractivity contribution in [2.24, 2.45) is 10.8 Å². The second kappa shape index (κ2) is 13.7.